The van der Waals surface area contributed by atoms with E-state index in [1.165, 1.54) is 0 Å². The van der Waals surface area contributed by atoms with Crippen LogP contribution in [0.1, 0.15) is 11.6 Å². The van der Waals surface area contributed by atoms with Gasteiger partial charge in [0.25, 0.3) is 0 Å². The van der Waals surface area contributed by atoms with Crippen molar-refractivity contribution < 1.29 is 9.47 Å². The lowest BCUT2D eigenvalue weighted by molar-refractivity contribution is 0.171. The maximum Gasteiger partial charge on any atom is 0.161 e. The Morgan fingerprint density at radius 1 is 1.05 bits per heavy atom. The Bertz CT molecular complexity index is 616. The SMILES string of the molecule is NCC(Nc1ccc(Br)cc1)c1ccc2c(c1)OCCO2. The van der Waals surface area contributed by atoms with Gasteiger partial charge in [0.15, 0.2) is 11.5 Å². The molecule has 1 aliphatic rings. The highest BCUT2D eigenvalue weighted by Gasteiger charge is 2.16. The average molecular weight is 349 g/mol. The largest absolute Gasteiger partial charge is 0.486 e. The van der Waals surface area contributed by atoms with Crippen LogP contribution in [0.5, 0.6) is 11.5 Å². The van der Waals surface area contributed by atoms with Crippen LogP contribution in [0.25, 0.3) is 0 Å². The van der Waals surface area contributed by atoms with E-state index in [-0.39, 0.29) is 6.04 Å². The number of halogens is 1. The van der Waals surface area contributed by atoms with Gasteiger partial charge in [-0.2, -0.15) is 0 Å². The van der Waals surface area contributed by atoms with Gasteiger partial charge in [-0.25, -0.2) is 0 Å². The second-order valence-electron chi connectivity index (χ2n) is 4.84. The van der Waals surface area contributed by atoms with Crippen molar-refractivity contribution >= 4 is 21.6 Å². The Morgan fingerprint density at radius 2 is 1.76 bits per heavy atom. The molecule has 0 bridgehead atoms. The molecule has 0 radical (unpaired) electrons. The fourth-order valence-electron chi connectivity index (χ4n) is 2.30. The fraction of sp³-hybridized carbons (Fsp3) is 0.250. The second-order valence-corrected chi connectivity index (χ2v) is 5.76. The van der Waals surface area contributed by atoms with E-state index in [0.29, 0.717) is 19.8 Å². The van der Waals surface area contributed by atoms with Crippen LogP contribution in [-0.4, -0.2) is 19.8 Å². The first-order valence-electron chi connectivity index (χ1n) is 6.88. The summed E-state index contributed by atoms with van der Waals surface area (Å²) in [5.74, 6) is 1.58. The van der Waals surface area contributed by atoms with Crippen molar-refractivity contribution in [3.63, 3.8) is 0 Å². The van der Waals surface area contributed by atoms with Crippen LogP contribution in [0.3, 0.4) is 0 Å². The van der Waals surface area contributed by atoms with Gasteiger partial charge >= 0.3 is 0 Å². The van der Waals surface area contributed by atoms with Gasteiger partial charge in [-0.1, -0.05) is 22.0 Å². The lowest BCUT2D eigenvalue weighted by atomic mass is 10.1. The number of ether oxygens (including phenoxy) is 2. The lowest BCUT2D eigenvalue weighted by Crippen LogP contribution is -2.21. The summed E-state index contributed by atoms with van der Waals surface area (Å²) in [5, 5.41) is 3.44. The molecule has 2 aromatic rings. The molecular formula is C16H17BrN2O2. The summed E-state index contributed by atoms with van der Waals surface area (Å²) in [6.45, 7) is 1.68. The van der Waals surface area contributed by atoms with Crippen LogP contribution >= 0.6 is 15.9 Å². The minimum absolute atomic E-state index is 0.0296. The molecule has 2 aromatic carbocycles. The molecule has 3 N–H and O–H groups in total. The molecule has 3 rings (SSSR count). The number of nitrogens with one attached hydrogen (secondary N) is 1. The summed E-state index contributed by atoms with van der Waals surface area (Å²) in [5.41, 5.74) is 8.03. The molecule has 1 atom stereocenters. The van der Waals surface area contributed by atoms with Crippen molar-refractivity contribution in [1.29, 1.82) is 0 Å². The van der Waals surface area contributed by atoms with Crippen LogP contribution in [0.2, 0.25) is 0 Å². The Labute approximate surface area is 132 Å². The lowest BCUT2D eigenvalue weighted by Gasteiger charge is -2.23. The number of fused-ring (bicyclic) bond motifs is 1. The molecule has 5 heteroatoms. The zero-order chi connectivity index (χ0) is 14.7. The van der Waals surface area contributed by atoms with Crippen LogP contribution in [0, 0.1) is 0 Å². The van der Waals surface area contributed by atoms with Crippen LogP contribution in [-0.2, 0) is 0 Å². The van der Waals surface area contributed by atoms with E-state index in [0.717, 1.165) is 27.2 Å². The van der Waals surface area contributed by atoms with Gasteiger partial charge in [-0.05, 0) is 42.0 Å². The quantitative estimate of drug-likeness (QED) is 0.889. The van der Waals surface area contributed by atoms with Crippen molar-refractivity contribution in [3.8, 4) is 11.5 Å². The zero-order valence-corrected chi connectivity index (χ0v) is 13.1. The van der Waals surface area contributed by atoms with Gasteiger partial charge in [0, 0.05) is 16.7 Å². The minimum Gasteiger partial charge on any atom is -0.486 e. The topological polar surface area (TPSA) is 56.5 Å². The predicted molar refractivity (Wildman–Crippen MR) is 87.0 cm³/mol. The minimum atomic E-state index is 0.0296. The van der Waals surface area contributed by atoms with Gasteiger partial charge in [-0.3, -0.25) is 0 Å². The van der Waals surface area contributed by atoms with Crippen molar-refractivity contribution in [2.24, 2.45) is 5.73 Å². The molecule has 0 saturated carbocycles. The number of nitrogens with two attached hydrogens (primary N) is 1. The molecule has 0 aliphatic carbocycles. The van der Waals surface area contributed by atoms with Crippen molar-refractivity contribution in [1.82, 2.24) is 0 Å². The monoisotopic (exact) mass is 348 g/mol. The highest BCUT2D eigenvalue weighted by Crippen LogP contribution is 2.33. The average Bonchev–Trinajstić information content (AvgIpc) is 2.54. The van der Waals surface area contributed by atoms with E-state index in [1.54, 1.807) is 0 Å². The summed E-state index contributed by atoms with van der Waals surface area (Å²) in [7, 11) is 0. The van der Waals surface area contributed by atoms with E-state index in [2.05, 4.69) is 21.2 Å². The zero-order valence-electron chi connectivity index (χ0n) is 11.5. The maximum absolute atomic E-state index is 5.91. The van der Waals surface area contributed by atoms with Gasteiger partial charge in [0.1, 0.15) is 13.2 Å². The second kappa shape index (κ2) is 6.37. The normalized spacial score (nSPS) is 14.6. The van der Waals surface area contributed by atoms with E-state index in [9.17, 15) is 0 Å². The van der Waals surface area contributed by atoms with Gasteiger partial charge in [0.05, 0.1) is 6.04 Å². The smallest absolute Gasteiger partial charge is 0.161 e. The van der Waals surface area contributed by atoms with Crippen molar-refractivity contribution in [2.45, 2.75) is 6.04 Å². The van der Waals surface area contributed by atoms with E-state index in [1.807, 2.05) is 42.5 Å². The van der Waals surface area contributed by atoms with Crippen LogP contribution in [0.15, 0.2) is 46.9 Å². The third kappa shape index (κ3) is 3.31. The van der Waals surface area contributed by atoms with Crippen molar-refractivity contribution in [3.05, 3.63) is 52.5 Å². The number of hydrogen-bond donors (Lipinski definition) is 2. The molecule has 1 aliphatic heterocycles. The third-order valence-corrected chi connectivity index (χ3v) is 3.92. The first-order valence-corrected chi connectivity index (χ1v) is 7.67. The molecule has 0 amide bonds. The molecule has 1 heterocycles. The van der Waals surface area contributed by atoms with Gasteiger partial charge < -0.3 is 20.5 Å². The molecule has 1 unspecified atom stereocenters. The number of hydrogen-bond acceptors (Lipinski definition) is 4. The summed E-state index contributed by atoms with van der Waals surface area (Å²) in [6.07, 6.45) is 0. The molecule has 0 aromatic heterocycles. The Hall–Kier alpha value is -1.72. The highest BCUT2D eigenvalue weighted by atomic mass is 79.9. The molecule has 4 nitrogen and oxygen atoms in total. The summed E-state index contributed by atoms with van der Waals surface area (Å²) in [6, 6.07) is 14.0. The van der Waals surface area contributed by atoms with Crippen molar-refractivity contribution in [2.75, 3.05) is 25.1 Å². The van der Waals surface area contributed by atoms with E-state index >= 15 is 0 Å². The molecule has 0 spiro atoms. The summed E-state index contributed by atoms with van der Waals surface area (Å²) < 4.78 is 12.2. The summed E-state index contributed by atoms with van der Waals surface area (Å²) >= 11 is 3.43. The summed E-state index contributed by atoms with van der Waals surface area (Å²) in [4.78, 5) is 0. The maximum atomic E-state index is 5.91. The Balaban J connectivity index is 1.81. The van der Waals surface area contributed by atoms with Gasteiger partial charge in [0.2, 0.25) is 0 Å². The van der Waals surface area contributed by atoms with Crippen LogP contribution < -0.4 is 20.5 Å². The number of anilines is 1. The Kier molecular flexibility index (Phi) is 4.31. The highest BCUT2D eigenvalue weighted by molar-refractivity contribution is 9.10. The standard InChI is InChI=1S/C16H17BrN2O2/c17-12-2-4-13(5-3-12)19-14(10-18)11-1-6-15-16(9-11)21-8-7-20-15/h1-6,9,14,19H,7-8,10,18H2. The van der Waals surface area contributed by atoms with Crippen LogP contribution in [0.4, 0.5) is 5.69 Å². The molecular weight excluding hydrogens is 332 g/mol. The van der Waals surface area contributed by atoms with Gasteiger partial charge in [-0.15, -0.1) is 0 Å². The first kappa shape index (κ1) is 14.2. The number of benzene rings is 2. The van der Waals surface area contributed by atoms with E-state index in [4.69, 9.17) is 15.2 Å². The first-order chi connectivity index (χ1) is 10.3. The Morgan fingerprint density at radius 3 is 2.48 bits per heavy atom. The molecule has 110 valence electrons. The molecule has 0 fully saturated rings. The predicted octanol–water partition coefficient (Wildman–Crippen LogP) is 3.33. The molecule has 21 heavy (non-hydrogen) atoms. The number of rotatable bonds is 4. The molecule has 0 saturated heterocycles. The fourth-order valence-corrected chi connectivity index (χ4v) is 2.57. The third-order valence-electron chi connectivity index (χ3n) is 3.39. The van der Waals surface area contributed by atoms with E-state index < -0.39 is 0 Å².